The molecule has 1 aromatic carbocycles. The zero-order valence-electron chi connectivity index (χ0n) is 13.3. The fraction of sp³-hybridized carbons (Fsp3) is 0.444. The van der Waals surface area contributed by atoms with Gasteiger partial charge >= 0.3 is 0 Å². The summed E-state index contributed by atoms with van der Waals surface area (Å²) in [6, 6.07) is 8.23. The van der Waals surface area contributed by atoms with E-state index in [1.807, 2.05) is 4.68 Å². The fourth-order valence-corrected chi connectivity index (χ4v) is 3.58. The molecular weight excluding hydrogens is 290 g/mol. The average Bonchev–Trinajstić information content (AvgIpc) is 3.23. The number of carbonyl (C=O) groups is 1. The molecule has 0 saturated carbocycles. The zero-order valence-corrected chi connectivity index (χ0v) is 13.3. The van der Waals surface area contributed by atoms with E-state index >= 15 is 0 Å². The van der Waals surface area contributed by atoms with E-state index in [-0.39, 0.29) is 5.91 Å². The lowest BCUT2D eigenvalue weighted by atomic mass is 10.2. The Hall–Kier alpha value is -2.14. The summed E-state index contributed by atoms with van der Waals surface area (Å²) in [5.74, 6) is -0.0365. The molecule has 1 atom stereocenters. The van der Waals surface area contributed by atoms with Gasteiger partial charge in [0.15, 0.2) is 5.69 Å². The summed E-state index contributed by atoms with van der Waals surface area (Å²) in [7, 11) is 0. The highest BCUT2D eigenvalue weighted by Gasteiger charge is 2.32. The van der Waals surface area contributed by atoms with Crippen molar-refractivity contribution in [3.05, 3.63) is 46.8 Å². The number of amides is 1. The van der Waals surface area contributed by atoms with Crippen LogP contribution in [0.1, 0.15) is 40.2 Å². The van der Waals surface area contributed by atoms with Crippen molar-refractivity contribution < 1.29 is 9.90 Å². The molecule has 23 heavy (non-hydrogen) atoms. The third kappa shape index (κ3) is 2.45. The highest BCUT2D eigenvalue weighted by molar-refractivity contribution is 5.94. The second-order valence-corrected chi connectivity index (χ2v) is 6.57. The Kier molecular flexibility index (Phi) is 3.45. The van der Waals surface area contributed by atoms with Gasteiger partial charge in [-0.2, -0.15) is 5.10 Å². The number of aliphatic hydroxyl groups is 1. The average molecular weight is 311 g/mol. The first-order valence-corrected chi connectivity index (χ1v) is 8.28. The van der Waals surface area contributed by atoms with Crippen LogP contribution in [0.2, 0.25) is 0 Å². The van der Waals surface area contributed by atoms with Gasteiger partial charge in [-0.25, -0.2) is 4.68 Å². The molecule has 0 bridgehead atoms. The summed E-state index contributed by atoms with van der Waals surface area (Å²) in [6.07, 6.45) is 3.21. The number of hydrogen-bond acceptors (Lipinski definition) is 3. The smallest absolute Gasteiger partial charge is 0.274 e. The van der Waals surface area contributed by atoms with Crippen LogP contribution in [0.15, 0.2) is 24.3 Å². The van der Waals surface area contributed by atoms with Crippen molar-refractivity contribution in [1.29, 1.82) is 0 Å². The topological polar surface area (TPSA) is 58.4 Å². The molecule has 1 fully saturated rings. The van der Waals surface area contributed by atoms with Crippen molar-refractivity contribution in [1.82, 2.24) is 14.7 Å². The lowest BCUT2D eigenvalue weighted by Gasteiger charge is -2.14. The normalized spacial score (nSPS) is 20.1. The predicted octanol–water partition coefficient (Wildman–Crippen LogP) is 1.88. The molecule has 4 rings (SSSR count). The second kappa shape index (κ2) is 5.49. The number of aliphatic hydroxyl groups excluding tert-OH is 1. The van der Waals surface area contributed by atoms with Gasteiger partial charge < -0.3 is 10.0 Å². The lowest BCUT2D eigenvalue weighted by molar-refractivity contribution is 0.0757. The third-order valence-corrected chi connectivity index (χ3v) is 4.86. The molecule has 1 aliphatic heterocycles. The van der Waals surface area contributed by atoms with Gasteiger partial charge in [-0.05, 0) is 44.7 Å². The molecule has 120 valence electrons. The van der Waals surface area contributed by atoms with Gasteiger partial charge in [0, 0.05) is 24.3 Å². The Morgan fingerprint density at radius 2 is 2.04 bits per heavy atom. The number of hydrogen-bond donors (Lipinski definition) is 1. The minimum Gasteiger partial charge on any atom is -0.391 e. The van der Waals surface area contributed by atoms with E-state index in [1.165, 1.54) is 5.56 Å². The van der Waals surface area contributed by atoms with Crippen molar-refractivity contribution in [3.8, 4) is 5.69 Å². The molecule has 1 aliphatic carbocycles. The Morgan fingerprint density at radius 1 is 1.26 bits per heavy atom. The second-order valence-electron chi connectivity index (χ2n) is 6.57. The first-order valence-electron chi connectivity index (χ1n) is 8.28. The number of benzene rings is 1. The van der Waals surface area contributed by atoms with Crippen molar-refractivity contribution in [2.45, 2.75) is 38.7 Å². The largest absolute Gasteiger partial charge is 0.391 e. The van der Waals surface area contributed by atoms with Crippen LogP contribution in [0.25, 0.3) is 5.69 Å². The summed E-state index contributed by atoms with van der Waals surface area (Å²) in [5, 5.41) is 14.3. The summed E-state index contributed by atoms with van der Waals surface area (Å²) >= 11 is 0. The van der Waals surface area contributed by atoms with Crippen LogP contribution in [-0.4, -0.2) is 44.9 Å². The number of fused-ring (bicyclic) bond motifs is 1. The van der Waals surface area contributed by atoms with Crippen LogP contribution in [-0.2, 0) is 12.8 Å². The van der Waals surface area contributed by atoms with Crippen LogP contribution < -0.4 is 0 Å². The molecule has 1 amide bonds. The van der Waals surface area contributed by atoms with Gasteiger partial charge in [0.1, 0.15) is 0 Å². The molecule has 1 aromatic heterocycles. The van der Waals surface area contributed by atoms with E-state index in [2.05, 4.69) is 36.3 Å². The van der Waals surface area contributed by atoms with Crippen LogP contribution in [0.4, 0.5) is 0 Å². The van der Waals surface area contributed by atoms with Gasteiger partial charge in [-0.15, -0.1) is 0 Å². The molecule has 2 aliphatic rings. The Morgan fingerprint density at radius 3 is 2.74 bits per heavy atom. The number of nitrogens with zero attached hydrogens (tertiary/aromatic N) is 3. The molecule has 2 aromatic rings. The van der Waals surface area contributed by atoms with Gasteiger partial charge in [0.05, 0.1) is 11.8 Å². The van der Waals surface area contributed by atoms with E-state index < -0.39 is 6.10 Å². The molecule has 2 heterocycles. The quantitative estimate of drug-likeness (QED) is 0.921. The molecule has 0 radical (unpaired) electrons. The lowest BCUT2D eigenvalue weighted by Crippen LogP contribution is -2.30. The molecule has 5 nitrogen and oxygen atoms in total. The summed E-state index contributed by atoms with van der Waals surface area (Å²) in [5.41, 5.74) is 5.05. The van der Waals surface area contributed by atoms with Gasteiger partial charge in [0.25, 0.3) is 5.91 Å². The number of aryl methyl sites for hydroxylation is 1. The molecule has 0 unspecified atom stereocenters. The zero-order chi connectivity index (χ0) is 16.0. The number of β-amino-alcohol motifs (C(OH)–C–C–N with tert-alkyl or cyclic N) is 1. The minimum absolute atomic E-state index is 0.0365. The fourth-order valence-electron chi connectivity index (χ4n) is 3.58. The van der Waals surface area contributed by atoms with E-state index in [0.29, 0.717) is 25.2 Å². The Balaban J connectivity index is 1.73. The summed E-state index contributed by atoms with van der Waals surface area (Å²) < 4.78 is 1.93. The number of likely N-dealkylation sites (tertiary alicyclic amines) is 1. The first-order chi connectivity index (χ1) is 11.1. The number of rotatable bonds is 2. The summed E-state index contributed by atoms with van der Waals surface area (Å²) in [4.78, 5) is 14.5. The highest BCUT2D eigenvalue weighted by Crippen LogP contribution is 2.29. The standard InChI is InChI=1S/C18H21N3O2/c1-12-5-7-13(8-6-12)21-16-4-2-3-15(16)17(19-21)18(23)20-10-9-14(22)11-20/h5-8,14,22H,2-4,9-11H2,1H3/t14-/m0/s1. The van der Waals surface area contributed by atoms with Gasteiger partial charge in [-0.1, -0.05) is 17.7 Å². The Labute approximate surface area is 135 Å². The Bertz CT molecular complexity index is 748. The summed E-state index contributed by atoms with van der Waals surface area (Å²) in [6.45, 7) is 3.10. The number of aromatic nitrogens is 2. The predicted molar refractivity (Wildman–Crippen MR) is 86.9 cm³/mol. The van der Waals surface area contributed by atoms with Gasteiger partial charge in [0.2, 0.25) is 0 Å². The molecule has 1 N–H and O–H groups in total. The van der Waals surface area contributed by atoms with Crippen LogP contribution in [0.3, 0.4) is 0 Å². The third-order valence-electron chi connectivity index (χ3n) is 4.86. The maximum atomic E-state index is 12.8. The molecule has 0 spiro atoms. The molecule has 1 saturated heterocycles. The van der Waals surface area contributed by atoms with Gasteiger partial charge in [-0.3, -0.25) is 4.79 Å². The monoisotopic (exact) mass is 311 g/mol. The van der Waals surface area contributed by atoms with Crippen molar-refractivity contribution >= 4 is 5.91 Å². The van der Waals surface area contributed by atoms with Crippen LogP contribution in [0, 0.1) is 6.92 Å². The van der Waals surface area contributed by atoms with Crippen LogP contribution >= 0.6 is 0 Å². The van der Waals surface area contributed by atoms with Crippen molar-refractivity contribution in [2.24, 2.45) is 0 Å². The minimum atomic E-state index is -0.397. The van der Waals surface area contributed by atoms with E-state index in [0.717, 1.165) is 36.2 Å². The maximum Gasteiger partial charge on any atom is 0.274 e. The maximum absolute atomic E-state index is 12.8. The van der Waals surface area contributed by atoms with Crippen molar-refractivity contribution in [3.63, 3.8) is 0 Å². The van der Waals surface area contributed by atoms with E-state index in [4.69, 9.17) is 0 Å². The van der Waals surface area contributed by atoms with E-state index in [1.54, 1.807) is 4.90 Å². The van der Waals surface area contributed by atoms with Crippen LogP contribution in [0.5, 0.6) is 0 Å². The highest BCUT2D eigenvalue weighted by atomic mass is 16.3. The van der Waals surface area contributed by atoms with Crippen molar-refractivity contribution in [2.75, 3.05) is 13.1 Å². The van der Waals surface area contributed by atoms with E-state index in [9.17, 15) is 9.90 Å². The molecular formula is C18H21N3O2. The first kappa shape index (κ1) is 14.5. The SMILES string of the molecule is Cc1ccc(-n2nc(C(=O)N3CC[C@H](O)C3)c3c2CCC3)cc1. The number of carbonyl (C=O) groups excluding carboxylic acids is 1. The molecule has 5 heteroatoms.